The highest BCUT2D eigenvalue weighted by Crippen LogP contribution is 2.25. The second-order valence-corrected chi connectivity index (χ2v) is 6.55. The van der Waals surface area contributed by atoms with Crippen LogP contribution in [-0.2, 0) is 12.0 Å². The molecule has 0 unspecified atom stereocenters. The third-order valence-electron chi connectivity index (χ3n) is 3.51. The average Bonchev–Trinajstić information content (AvgIpc) is 2.44. The first-order valence-corrected chi connectivity index (χ1v) is 7.33. The van der Waals surface area contributed by atoms with Gasteiger partial charge in [0.05, 0.1) is 0 Å². The fourth-order valence-corrected chi connectivity index (χ4v) is 2.31. The molecule has 0 heterocycles. The lowest BCUT2D eigenvalue weighted by Gasteiger charge is -2.21. The fourth-order valence-electron chi connectivity index (χ4n) is 2.31. The van der Waals surface area contributed by atoms with Gasteiger partial charge in [-0.25, -0.2) is 4.79 Å². The first kappa shape index (κ1) is 16.1. The molecule has 3 heteroatoms. The SMILES string of the molecule is Cc1cc(COc2ccccc2C(=O)O)cc(C(C)(C)C)c1. The number of aromatic carboxylic acids is 1. The molecule has 2 aromatic carbocycles. The van der Waals surface area contributed by atoms with E-state index in [2.05, 4.69) is 45.9 Å². The van der Waals surface area contributed by atoms with Gasteiger partial charge in [0.1, 0.15) is 17.9 Å². The first-order valence-electron chi connectivity index (χ1n) is 7.33. The number of carboxylic acid groups (broad SMARTS) is 1. The predicted octanol–water partition coefficient (Wildman–Crippen LogP) is 4.57. The molecule has 0 aliphatic heterocycles. The summed E-state index contributed by atoms with van der Waals surface area (Å²) in [4.78, 5) is 11.2. The maximum atomic E-state index is 11.2. The molecule has 0 aromatic heterocycles. The Labute approximate surface area is 131 Å². The van der Waals surface area contributed by atoms with Crippen molar-refractivity contribution in [1.29, 1.82) is 0 Å². The zero-order valence-corrected chi connectivity index (χ0v) is 13.5. The molecule has 0 amide bonds. The normalized spacial score (nSPS) is 11.3. The van der Waals surface area contributed by atoms with E-state index >= 15 is 0 Å². The van der Waals surface area contributed by atoms with Crippen molar-refractivity contribution in [2.24, 2.45) is 0 Å². The number of hydrogen-bond donors (Lipinski definition) is 1. The van der Waals surface area contributed by atoms with Gasteiger partial charge in [-0.05, 0) is 35.6 Å². The van der Waals surface area contributed by atoms with Crippen LogP contribution in [0.1, 0.15) is 47.8 Å². The number of carbonyl (C=O) groups is 1. The van der Waals surface area contributed by atoms with Crippen molar-refractivity contribution in [2.75, 3.05) is 0 Å². The van der Waals surface area contributed by atoms with E-state index in [1.165, 1.54) is 11.1 Å². The standard InChI is InChI=1S/C19H22O3/c1-13-9-14(11-15(10-13)19(2,3)4)12-22-17-8-6-5-7-16(17)18(20)21/h5-11H,12H2,1-4H3,(H,20,21). The smallest absolute Gasteiger partial charge is 0.339 e. The molecule has 0 spiro atoms. The molecule has 0 radical (unpaired) electrons. The molecule has 0 saturated heterocycles. The highest BCUT2D eigenvalue weighted by Gasteiger charge is 2.15. The average molecular weight is 298 g/mol. The molecule has 0 saturated carbocycles. The molecule has 0 aliphatic rings. The molecule has 1 N–H and O–H groups in total. The number of benzene rings is 2. The summed E-state index contributed by atoms with van der Waals surface area (Å²) in [5, 5.41) is 9.18. The summed E-state index contributed by atoms with van der Waals surface area (Å²) < 4.78 is 5.73. The van der Waals surface area contributed by atoms with Crippen LogP contribution >= 0.6 is 0 Å². The van der Waals surface area contributed by atoms with E-state index in [4.69, 9.17) is 4.74 Å². The predicted molar refractivity (Wildman–Crippen MR) is 87.6 cm³/mol. The summed E-state index contributed by atoms with van der Waals surface area (Å²) in [6.07, 6.45) is 0. The maximum absolute atomic E-state index is 11.2. The monoisotopic (exact) mass is 298 g/mol. The van der Waals surface area contributed by atoms with Gasteiger partial charge in [-0.15, -0.1) is 0 Å². The van der Waals surface area contributed by atoms with Crippen LogP contribution in [0.2, 0.25) is 0 Å². The molecular formula is C19H22O3. The molecule has 0 atom stereocenters. The van der Waals surface area contributed by atoms with Gasteiger partial charge in [0.2, 0.25) is 0 Å². The van der Waals surface area contributed by atoms with Crippen molar-refractivity contribution in [2.45, 2.75) is 39.7 Å². The Hall–Kier alpha value is -2.29. The van der Waals surface area contributed by atoms with Gasteiger partial charge in [0, 0.05) is 0 Å². The van der Waals surface area contributed by atoms with Gasteiger partial charge in [0.15, 0.2) is 0 Å². The second kappa shape index (κ2) is 6.22. The van der Waals surface area contributed by atoms with Crippen molar-refractivity contribution >= 4 is 5.97 Å². The van der Waals surface area contributed by atoms with Crippen LogP contribution < -0.4 is 4.74 Å². The van der Waals surface area contributed by atoms with E-state index in [0.717, 1.165) is 5.56 Å². The Kier molecular flexibility index (Phi) is 4.55. The van der Waals surface area contributed by atoms with Gasteiger partial charge in [-0.2, -0.15) is 0 Å². The second-order valence-electron chi connectivity index (χ2n) is 6.55. The van der Waals surface area contributed by atoms with E-state index in [0.29, 0.717) is 12.4 Å². The summed E-state index contributed by atoms with van der Waals surface area (Å²) in [5.41, 5.74) is 3.73. The molecular weight excluding hydrogens is 276 g/mol. The Morgan fingerprint density at radius 3 is 2.45 bits per heavy atom. The van der Waals surface area contributed by atoms with Gasteiger partial charge in [-0.3, -0.25) is 0 Å². The molecule has 22 heavy (non-hydrogen) atoms. The maximum Gasteiger partial charge on any atom is 0.339 e. The molecule has 0 aliphatic carbocycles. The fraction of sp³-hybridized carbons (Fsp3) is 0.316. The van der Waals surface area contributed by atoms with Crippen LogP contribution in [0, 0.1) is 6.92 Å². The molecule has 0 fully saturated rings. The van der Waals surface area contributed by atoms with Crippen LogP contribution in [0.4, 0.5) is 0 Å². The molecule has 0 bridgehead atoms. The number of aryl methyl sites for hydroxylation is 1. The third-order valence-corrected chi connectivity index (χ3v) is 3.51. The summed E-state index contributed by atoms with van der Waals surface area (Å²) in [5.74, 6) is -0.580. The van der Waals surface area contributed by atoms with Crippen LogP contribution in [-0.4, -0.2) is 11.1 Å². The summed E-state index contributed by atoms with van der Waals surface area (Å²) in [7, 11) is 0. The summed E-state index contributed by atoms with van der Waals surface area (Å²) in [6, 6.07) is 13.1. The van der Waals surface area contributed by atoms with Crippen molar-refractivity contribution in [3.05, 3.63) is 64.7 Å². The highest BCUT2D eigenvalue weighted by atomic mass is 16.5. The molecule has 3 nitrogen and oxygen atoms in total. The lowest BCUT2D eigenvalue weighted by molar-refractivity contribution is 0.0691. The van der Waals surface area contributed by atoms with Crippen molar-refractivity contribution in [1.82, 2.24) is 0 Å². The van der Waals surface area contributed by atoms with Crippen molar-refractivity contribution in [3.63, 3.8) is 0 Å². The lowest BCUT2D eigenvalue weighted by atomic mass is 9.85. The Morgan fingerprint density at radius 1 is 1.14 bits per heavy atom. The Balaban J connectivity index is 2.22. The third kappa shape index (κ3) is 3.88. The minimum absolute atomic E-state index is 0.0692. The minimum atomic E-state index is -0.977. The van der Waals surface area contributed by atoms with Gasteiger partial charge in [0.25, 0.3) is 0 Å². The van der Waals surface area contributed by atoms with Gasteiger partial charge in [-0.1, -0.05) is 56.7 Å². The largest absolute Gasteiger partial charge is 0.488 e. The van der Waals surface area contributed by atoms with Crippen molar-refractivity contribution < 1.29 is 14.6 Å². The molecule has 116 valence electrons. The highest BCUT2D eigenvalue weighted by molar-refractivity contribution is 5.90. The molecule has 2 aromatic rings. The molecule has 2 rings (SSSR count). The van der Waals surface area contributed by atoms with Crippen LogP contribution in [0.3, 0.4) is 0 Å². The number of hydrogen-bond acceptors (Lipinski definition) is 2. The van der Waals surface area contributed by atoms with Crippen LogP contribution in [0.15, 0.2) is 42.5 Å². The number of ether oxygens (including phenoxy) is 1. The summed E-state index contributed by atoms with van der Waals surface area (Å²) in [6.45, 7) is 8.93. The van der Waals surface area contributed by atoms with E-state index in [1.54, 1.807) is 24.3 Å². The van der Waals surface area contributed by atoms with E-state index in [9.17, 15) is 9.90 Å². The number of carboxylic acids is 1. The number of rotatable bonds is 4. The van der Waals surface area contributed by atoms with Gasteiger partial charge >= 0.3 is 5.97 Å². The van der Waals surface area contributed by atoms with Crippen molar-refractivity contribution in [3.8, 4) is 5.75 Å². The zero-order chi connectivity index (χ0) is 16.3. The lowest BCUT2D eigenvalue weighted by Crippen LogP contribution is -2.12. The Morgan fingerprint density at radius 2 is 1.82 bits per heavy atom. The zero-order valence-electron chi connectivity index (χ0n) is 13.5. The van der Waals surface area contributed by atoms with E-state index < -0.39 is 5.97 Å². The minimum Gasteiger partial charge on any atom is -0.488 e. The topological polar surface area (TPSA) is 46.5 Å². The summed E-state index contributed by atoms with van der Waals surface area (Å²) >= 11 is 0. The van der Waals surface area contributed by atoms with E-state index in [-0.39, 0.29) is 11.0 Å². The van der Waals surface area contributed by atoms with Gasteiger partial charge < -0.3 is 9.84 Å². The Bertz CT molecular complexity index is 681. The van der Waals surface area contributed by atoms with Crippen LogP contribution in [0.25, 0.3) is 0 Å². The quantitative estimate of drug-likeness (QED) is 0.899. The number of para-hydroxylation sites is 1. The van der Waals surface area contributed by atoms with E-state index in [1.807, 2.05) is 0 Å². The van der Waals surface area contributed by atoms with Crippen LogP contribution in [0.5, 0.6) is 5.75 Å². The first-order chi connectivity index (χ1) is 10.3.